The topological polar surface area (TPSA) is 79.0 Å². The number of carbonyl (C=O) groups excluding carboxylic acids is 3. The number of imide groups is 1. The molecule has 3 rings (SSSR count). The lowest BCUT2D eigenvalue weighted by molar-refractivity contribution is -0.140. The number of hydrogen-bond donors (Lipinski definition) is 1. The molecular formula is C16H16F3N3O4. The van der Waals surface area contributed by atoms with Gasteiger partial charge in [0.2, 0.25) is 0 Å². The molecular weight excluding hydrogens is 355 g/mol. The number of likely N-dealkylation sites (tertiary alicyclic amines) is 1. The third-order valence-electron chi connectivity index (χ3n) is 4.41. The maximum absolute atomic E-state index is 12.9. The van der Waals surface area contributed by atoms with E-state index in [1.165, 1.54) is 29.2 Å². The summed E-state index contributed by atoms with van der Waals surface area (Å²) in [5.74, 6) is -1.22. The molecule has 2 saturated heterocycles. The Balaban J connectivity index is 1.60. The smallest absolute Gasteiger partial charge is 0.417 e. The number of halogens is 3. The van der Waals surface area contributed by atoms with Gasteiger partial charge in [-0.1, -0.05) is 0 Å². The first-order chi connectivity index (χ1) is 12.3. The minimum absolute atomic E-state index is 0.0220. The summed E-state index contributed by atoms with van der Waals surface area (Å²) in [5.41, 5.74) is -1.08. The van der Waals surface area contributed by atoms with E-state index in [0.717, 1.165) is 0 Å². The minimum Gasteiger partial charge on any atom is -0.432 e. The van der Waals surface area contributed by atoms with Crippen LogP contribution in [0.15, 0.2) is 24.3 Å². The van der Waals surface area contributed by atoms with Gasteiger partial charge in [-0.05, 0) is 24.3 Å². The van der Waals surface area contributed by atoms with Crippen LogP contribution >= 0.6 is 0 Å². The van der Waals surface area contributed by atoms with Gasteiger partial charge in [-0.15, -0.1) is 0 Å². The zero-order valence-corrected chi connectivity index (χ0v) is 13.6. The van der Waals surface area contributed by atoms with Crippen LogP contribution < -0.4 is 5.32 Å². The van der Waals surface area contributed by atoms with Gasteiger partial charge in [0, 0.05) is 31.6 Å². The van der Waals surface area contributed by atoms with E-state index in [1.807, 2.05) is 0 Å². The highest BCUT2D eigenvalue weighted by atomic mass is 19.3. The molecule has 0 atom stereocenters. The highest BCUT2D eigenvalue weighted by Gasteiger charge is 2.55. The van der Waals surface area contributed by atoms with Crippen molar-refractivity contribution in [3.8, 4) is 0 Å². The molecule has 1 spiro atoms. The van der Waals surface area contributed by atoms with E-state index in [2.05, 4.69) is 5.32 Å². The highest BCUT2D eigenvalue weighted by Crippen LogP contribution is 2.35. The lowest BCUT2D eigenvalue weighted by atomic mass is 9.90. The molecule has 0 bridgehead atoms. The normalized spacial score (nSPS) is 19.2. The van der Waals surface area contributed by atoms with Gasteiger partial charge in [-0.25, -0.2) is 27.7 Å². The van der Waals surface area contributed by atoms with Crippen LogP contribution in [0.4, 0.5) is 28.4 Å². The molecule has 2 fully saturated rings. The van der Waals surface area contributed by atoms with E-state index in [0.29, 0.717) is 10.6 Å². The van der Waals surface area contributed by atoms with Crippen LogP contribution in [0, 0.1) is 5.82 Å². The predicted octanol–water partition coefficient (Wildman–Crippen LogP) is 2.44. The van der Waals surface area contributed by atoms with Crippen LogP contribution in [-0.4, -0.2) is 59.5 Å². The molecule has 0 saturated carbocycles. The second-order valence-electron chi connectivity index (χ2n) is 6.09. The largest absolute Gasteiger partial charge is 0.432 e. The Morgan fingerprint density at radius 2 is 1.81 bits per heavy atom. The maximum atomic E-state index is 12.9. The predicted molar refractivity (Wildman–Crippen MR) is 83.2 cm³/mol. The number of amides is 4. The van der Waals surface area contributed by atoms with E-state index in [1.54, 1.807) is 0 Å². The van der Waals surface area contributed by atoms with Gasteiger partial charge < -0.3 is 15.0 Å². The van der Waals surface area contributed by atoms with Gasteiger partial charge in [0.1, 0.15) is 5.82 Å². The summed E-state index contributed by atoms with van der Waals surface area (Å²) in [6, 6.07) is 4.77. The van der Waals surface area contributed by atoms with Crippen molar-refractivity contribution < 1.29 is 32.3 Å². The molecule has 1 N–H and O–H groups in total. The number of piperidine rings is 1. The van der Waals surface area contributed by atoms with Gasteiger partial charge in [-0.2, -0.15) is 0 Å². The highest BCUT2D eigenvalue weighted by molar-refractivity contribution is 6.03. The van der Waals surface area contributed by atoms with Crippen LogP contribution in [0.5, 0.6) is 0 Å². The number of benzene rings is 1. The maximum Gasteiger partial charge on any atom is 0.417 e. The Bertz CT molecular complexity index is 718. The number of urea groups is 1. The molecule has 2 heterocycles. The van der Waals surface area contributed by atoms with Crippen LogP contribution in [0.1, 0.15) is 12.8 Å². The molecule has 2 aliphatic rings. The zero-order valence-electron chi connectivity index (χ0n) is 13.6. The summed E-state index contributed by atoms with van der Waals surface area (Å²) in [4.78, 5) is 38.1. The zero-order chi connectivity index (χ0) is 18.9. The quantitative estimate of drug-likeness (QED) is 0.885. The second-order valence-corrected chi connectivity index (χ2v) is 6.09. The fourth-order valence-corrected chi connectivity index (χ4v) is 3.01. The lowest BCUT2D eigenvalue weighted by Crippen LogP contribution is -2.52. The number of anilines is 1. The molecule has 10 heteroatoms. The fraction of sp³-hybridized carbons (Fsp3) is 0.438. The number of nitrogens with one attached hydrogen (secondary N) is 1. The van der Waals surface area contributed by atoms with Gasteiger partial charge in [0.25, 0.3) is 12.3 Å². The van der Waals surface area contributed by atoms with Gasteiger partial charge in [-0.3, -0.25) is 4.79 Å². The summed E-state index contributed by atoms with van der Waals surface area (Å²) < 4.78 is 43.0. The SMILES string of the molecule is O=C(Nc1ccc(F)cc1)N1CCC2(CC1)OC(=O)N(CC(F)F)C2=O. The third kappa shape index (κ3) is 3.44. The van der Waals surface area contributed by atoms with Crippen molar-refractivity contribution in [3.05, 3.63) is 30.1 Å². The number of nitrogens with zero attached hydrogens (tertiary/aromatic N) is 2. The molecule has 0 aliphatic carbocycles. The van der Waals surface area contributed by atoms with E-state index in [9.17, 15) is 27.6 Å². The first-order valence-electron chi connectivity index (χ1n) is 7.95. The van der Waals surface area contributed by atoms with Crippen LogP contribution in [0.3, 0.4) is 0 Å². The van der Waals surface area contributed by atoms with Crippen molar-refractivity contribution in [2.24, 2.45) is 0 Å². The minimum atomic E-state index is -2.84. The summed E-state index contributed by atoms with van der Waals surface area (Å²) >= 11 is 0. The average Bonchev–Trinajstić information content (AvgIpc) is 2.81. The molecule has 26 heavy (non-hydrogen) atoms. The molecule has 0 aromatic heterocycles. The number of hydrogen-bond acceptors (Lipinski definition) is 4. The van der Waals surface area contributed by atoms with Gasteiger partial charge in [0.15, 0.2) is 5.60 Å². The summed E-state index contributed by atoms with van der Waals surface area (Å²) in [6.45, 7) is -0.794. The van der Waals surface area contributed by atoms with E-state index >= 15 is 0 Å². The van der Waals surface area contributed by atoms with Crippen molar-refractivity contribution >= 4 is 23.7 Å². The third-order valence-corrected chi connectivity index (χ3v) is 4.41. The molecule has 1 aromatic carbocycles. The number of alkyl halides is 2. The standard InChI is InChI=1S/C16H16F3N3O4/c17-10-1-3-11(4-2-10)20-14(24)21-7-5-16(6-8-21)13(23)22(9-12(18)19)15(25)26-16/h1-4,12H,5-9H2,(H,20,24). The van der Waals surface area contributed by atoms with E-state index < -0.39 is 42.4 Å². The second kappa shape index (κ2) is 6.85. The van der Waals surface area contributed by atoms with Crippen LogP contribution in [0.2, 0.25) is 0 Å². The monoisotopic (exact) mass is 371 g/mol. The lowest BCUT2D eigenvalue weighted by Gasteiger charge is -2.36. The molecule has 0 unspecified atom stereocenters. The van der Waals surface area contributed by atoms with E-state index in [4.69, 9.17) is 4.74 Å². The Morgan fingerprint density at radius 1 is 1.19 bits per heavy atom. The molecule has 2 aliphatic heterocycles. The molecule has 1 aromatic rings. The summed E-state index contributed by atoms with van der Waals surface area (Å²) in [7, 11) is 0. The first kappa shape index (κ1) is 18.0. The average molecular weight is 371 g/mol. The van der Waals surface area contributed by atoms with Crippen LogP contribution in [-0.2, 0) is 9.53 Å². The Hall–Kier alpha value is -2.78. The van der Waals surface area contributed by atoms with Crippen molar-refractivity contribution in [3.63, 3.8) is 0 Å². The number of ether oxygens (including phenoxy) is 1. The van der Waals surface area contributed by atoms with Crippen molar-refractivity contribution in [2.75, 3.05) is 25.0 Å². The molecule has 7 nitrogen and oxygen atoms in total. The number of carbonyl (C=O) groups is 3. The van der Waals surface area contributed by atoms with Gasteiger partial charge in [0.05, 0.1) is 6.54 Å². The summed E-state index contributed by atoms with van der Waals surface area (Å²) in [6.07, 6.45) is -3.88. The fourth-order valence-electron chi connectivity index (χ4n) is 3.01. The Morgan fingerprint density at radius 3 is 2.38 bits per heavy atom. The first-order valence-corrected chi connectivity index (χ1v) is 7.95. The van der Waals surface area contributed by atoms with E-state index in [-0.39, 0.29) is 25.9 Å². The Kier molecular flexibility index (Phi) is 4.75. The summed E-state index contributed by atoms with van der Waals surface area (Å²) in [5, 5.41) is 2.59. The van der Waals surface area contributed by atoms with Crippen molar-refractivity contribution in [2.45, 2.75) is 24.9 Å². The molecule has 140 valence electrons. The van der Waals surface area contributed by atoms with Crippen molar-refractivity contribution in [1.82, 2.24) is 9.80 Å². The molecule has 0 radical (unpaired) electrons. The Labute approximate surface area is 146 Å². The molecule has 4 amide bonds. The number of rotatable bonds is 3. The van der Waals surface area contributed by atoms with Crippen molar-refractivity contribution in [1.29, 1.82) is 0 Å². The van der Waals surface area contributed by atoms with Crippen LogP contribution in [0.25, 0.3) is 0 Å². The van der Waals surface area contributed by atoms with Gasteiger partial charge >= 0.3 is 12.1 Å².